The molecule has 0 bridgehead atoms. The number of benzene rings is 2. The Morgan fingerprint density at radius 2 is 1.63 bits per heavy atom. The third kappa shape index (κ3) is 3.58. The van der Waals surface area contributed by atoms with Crippen LogP contribution in [0.25, 0.3) is 0 Å². The SMILES string of the molecule is Cc1ccccc1C(N)CCN(C)c1ccccc1. The standard InChI is InChI=1S/C17H22N2/c1-14-8-6-7-11-16(14)17(18)12-13-19(2)15-9-4-3-5-10-15/h3-11,17H,12-13,18H2,1-2H3. The van der Waals surface area contributed by atoms with Gasteiger partial charge >= 0.3 is 0 Å². The van der Waals surface area contributed by atoms with Crippen molar-refractivity contribution in [3.8, 4) is 0 Å². The zero-order valence-electron chi connectivity index (χ0n) is 11.7. The minimum Gasteiger partial charge on any atom is -0.375 e. The summed E-state index contributed by atoms with van der Waals surface area (Å²) in [6.45, 7) is 3.08. The molecule has 0 fully saturated rings. The lowest BCUT2D eigenvalue weighted by atomic mass is 9.99. The maximum atomic E-state index is 6.30. The molecule has 0 aliphatic rings. The molecule has 2 rings (SSSR count). The average molecular weight is 254 g/mol. The van der Waals surface area contributed by atoms with Crippen LogP contribution in [0.5, 0.6) is 0 Å². The van der Waals surface area contributed by atoms with E-state index in [1.54, 1.807) is 0 Å². The third-order valence-electron chi connectivity index (χ3n) is 3.56. The number of nitrogens with zero attached hydrogens (tertiary/aromatic N) is 1. The van der Waals surface area contributed by atoms with Crippen molar-refractivity contribution in [2.24, 2.45) is 5.73 Å². The predicted molar refractivity (Wildman–Crippen MR) is 82.4 cm³/mol. The van der Waals surface area contributed by atoms with E-state index in [0.29, 0.717) is 0 Å². The zero-order chi connectivity index (χ0) is 13.7. The number of anilines is 1. The smallest absolute Gasteiger partial charge is 0.0363 e. The van der Waals surface area contributed by atoms with Gasteiger partial charge in [-0.25, -0.2) is 0 Å². The number of para-hydroxylation sites is 1. The molecule has 2 nitrogen and oxygen atoms in total. The van der Waals surface area contributed by atoms with Crippen LogP contribution in [0.3, 0.4) is 0 Å². The van der Waals surface area contributed by atoms with Gasteiger partial charge in [0.25, 0.3) is 0 Å². The first-order chi connectivity index (χ1) is 9.18. The molecule has 0 heterocycles. The number of nitrogens with two attached hydrogens (primary N) is 1. The lowest BCUT2D eigenvalue weighted by Crippen LogP contribution is -2.23. The second-order valence-electron chi connectivity index (χ2n) is 5.01. The quantitative estimate of drug-likeness (QED) is 0.884. The molecule has 0 aromatic heterocycles. The van der Waals surface area contributed by atoms with Gasteiger partial charge in [-0.15, -0.1) is 0 Å². The van der Waals surface area contributed by atoms with Gasteiger partial charge in [-0.05, 0) is 36.6 Å². The topological polar surface area (TPSA) is 29.3 Å². The Kier molecular flexibility index (Phi) is 4.58. The second-order valence-corrected chi connectivity index (χ2v) is 5.01. The summed E-state index contributed by atoms with van der Waals surface area (Å²) in [5.41, 5.74) is 10.1. The van der Waals surface area contributed by atoms with E-state index in [2.05, 4.69) is 67.4 Å². The summed E-state index contributed by atoms with van der Waals surface area (Å²) in [4.78, 5) is 2.25. The van der Waals surface area contributed by atoms with Crippen molar-refractivity contribution in [3.05, 3.63) is 65.7 Å². The summed E-state index contributed by atoms with van der Waals surface area (Å²) >= 11 is 0. The van der Waals surface area contributed by atoms with E-state index in [0.717, 1.165) is 13.0 Å². The van der Waals surface area contributed by atoms with Crippen LogP contribution in [0.1, 0.15) is 23.6 Å². The number of hydrogen-bond donors (Lipinski definition) is 1. The highest BCUT2D eigenvalue weighted by atomic mass is 15.1. The van der Waals surface area contributed by atoms with E-state index >= 15 is 0 Å². The predicted octanol–water partition coefficient (Wildman–Crippen LogP) is 3.52. The maximum Gasteiger partial charge on any atom is 0.0363 e. The summed E-state index contributed by atoms with van der Waals surface area (Å²) in [7, 11) is 2.11. The monoisotopic (exact) mass is 254 g/mol. The second kappa shape index (κ2) is 6.39. The molecule has 0 spiro atoms. The Bertz CT molecular complexity index is 508. The number of aryl methyl sites for hydroxylation is 1. The normalized spacial score (nSPS) is 12.2. The molecule has 1 atom stereocenters. The maximum absolute atomic E-state index is 6.30. The van der Waals surface area contributed by atoms with E-state index in [-0.39, 0.29) is 6.04 Å². The fourth-order valence-electron chi connectivity index (χ4n) is 2.30. The van der Waals surface area contributed by atoms with Crippen LogP contribution in [0.2, 0.25) is 0 Å². The fraction of sp³-hybridized carbons (Fsp3) is 0.294. The van der Waals surface area contributed by atoms with Gasteiger partial charge < -0.3 is 10.6 Å². The van der Waals surface area contributed by atoms with Crippen molar-refractivity contribution in [3.63, 3.8) is 0 Å². The van der Waals surface area contributed by atoms with Gasteiger partial charge in [0, 0.05) is 25.3 Å². The molecule has 2 N–H and O–H groups in total. The highest BCUT2D eigenvalue weighted by molar-refractivity contribution is 5.45. The van der Waals surface area contributed by atoms with Crippen LogP contribution in [0, 0.1) is 6.92 Å². The van der Waals surface area contributed by atoms with Gasteiger partial charge in [-0.1, -0.05) is 42.5 Å². The molecule has 0 amide bonds. The largest absolute Gasteiger partial charge is 0.375 e. The first-order valence-corrected chi connectivity index (χ1v) is 6.76. The van der Waals surface area contributed by atoms with Crippen molar-refractivity contribution in [2.45, 2.75) is 19.4 Å². The number of hydrogen-bond acceptors (Lipinski definition) is 2. The van der Waals surface area contributed by atoms with Gasteiger partial charge in [-0.3, -0.25) is 0 Å². The van der Waals surface area contributed by atoms with Gasteiger partial charge in [0.1, 0.15) is 0 Å². The molecule has 2 aromatic carbocycles. The highest BCUT2D eigenvalue weighted by Crippen LogP contribution is 2.19. The molecule has 0 radical (unpaired) electrons. The summed E-state index contributed by atoms with van der Waals surface area (Å²) in [6, 6.07) is 18.9. The molecule has 2 aromatic rings. The first-order valence-electron chi connectivity index (χ1n) is 6.76. The van der Waals surface area contributed by atoms with Gasteiger partial charge in [0.05, 0.1) is 0 Å². The number of rotatable bonds is 5. The van der Waals surface area contributed by atoms with Crippen LogP contribution < -0.4 is 10.6 Å². The molecule has 19 heavy (non-hydrogen) atoms. The Hall–Kier alpha value is -1.80. The fourth-order valence-corrected chi connectivity index (χ4v) is 2.30. The van der Waals surface area contributed by atoms with E-state index in [1.165, 1.54) is 16.8 Å². The lowest BCUT2D eigenvalue weighted by molar-refractivity contribution is 0.642. The van der Waals surface area contributed by atoms with Crippen LogP contribution in [-0.2, 0) is 0 Å². The van der Waals surface area contributed by atoms with E-state index in [1.807, 2.05) is 6.07 Å². The van der Waals surface area contributed by atoms with Crippen molar-refractivity contribution in [2.75, 3.05) is 18.5 Å². The van der Waals surface area contributed by atoms with E-state index in [9.17, 15) is 0 Å². The summed E-state index contributed by atoms with van der Waals surface area (Å²) < 4.78 is 0. The van der Waals surface area contributed by atoms with Gasteiger partial charge in [-0.2, -0.15) is 0 Å². The molecule has 100 valence electrons. The van der Waals surface area contributed by atoms with Crippen LogP contribution in [0.15, 0.2) is 54.6 Å². The van der Waals surface area contributed by atoms with Crippen molar-refractivity contribution in [1.82, 2.24) is 0 Å². The molecule has 0 aliphatic heterocycles. The Balaban J connectivity index is 1.94. The average Bonchev–Trinajstić information content (AvgIpc) is 2.46. The Morgan fingerprint density at radius 3 is 2.32 bits per heavy atom. The van der Waals surface area contributed by atoms with E-state index in [4.69, 9.17) is 5.73 Å². The molecule has 0 aliphatic carbocycles. The Morgan fingerprint density at radius 1 is 1.00 bits per heavy atom. The lowest BCUT2D eigenvalue weighted by Gasteiger charge is -2.22. The highest BCUT2D eigenvalue weighted by Gasteiger charge is 2.09. The van der Waals surface area contributed by atoms with Crippen LogP contribution >= 0.6 is 0 Å². The molecule has 0 saturated heterocycles. The molecule has 0 saturated carbocycles. The molecular weight excluding hydrogens is 232 g/mol. The van der Waals surface area contributed by atoms with Crippen LogP contribution in [-0.4, -0.2) is 13.6 Å². The van der Waals surface area contributed by atoms with Crippen molar-refractivity contribution >= 4 is 5.69 Å². The summed E-state index contributed by atoms with van der Waals surface area (Å²) in [5, 5.41) is 0. The molecular formula is C17H22N2. The van der Waals surface area contributed by atoms with Gasteiger partial charge in [0.15, 0.2) is 0 Å². The summed E-state index contributed by atoms with van der Waals surface area (Å²) in [6.07, 6.45) is 0.955. The summed E-state index contributed by atoms with van der Waals surface area (Å²) in [5.74, 6) is 0. The van der Waals surface area contributed by atoms with Crippen molar-refractivity contribution in [1.29, 1.82) is 0 Å². The minimum absolute atomic E-state index is 0.104. The van der Waals surface area contributed by atoms with E-state index < -0.39 is 0 Å². The zero-order valence-corrected chi connectivity index (χ0v) is 11.7. The third-order valence-corrected chi connectivity index (χ3v) is 3.56. The Labute approximate surface area is 115 Å². The first kappa shape index (κ1) is 13.6. The molecule has 1 unspecified atom stereocenters. The van der Waals surface area contributed by atoms with Crippen LogP contribution in [0.4, 0.5) is 5.69 Å². The van der Waals surface area contributed by atoms with Crippen molar-refractivity contribution < 1.29 is 0 Å². The molecule has 2 heteroatoms. The minimum atomic E-state index is 0.104. The van der Waals surface area contributed by atoms with Gasteiger partial charge in [0.2, 0.25) is 0 Å².